The molecule has 0 saturated carbocycles. The van der Waals surface area contributed by atoms with Crippen LogP contribution >= 0.6 is 0 Å². The van der Waals surface area contributed by atoms with E-state index in [0.29, 0.717) is 23.5 Å². The molecule has 1 amide bonds. The number of carbonyl (C=O) groups excluding carboxylic acids is 1. The van der Waals surface area contributed by atoms with Gasteiger partial charge in [-0.25, -0.2) is 4.99 Å². The first-order valence-electron chi connectivity index (χ1n) is 12.4. The van der Waals surface area contributed by atoms with Crippen molar-refractivity contribution in [1.82, 2.24) is 25.0 Å². The molecule has 0 aliphatic rings. The Hall–Kier alpha value is -4.66. The van der Waals surface area contributed by atoms with Crippen LogP contribution in [0, 0.1) is 13.8 Å². The van der Waals surface area contributed by atoms with E-state index in [1.54, 1.807) is 17.0 Å². The first-order chi connectivity index (χ1) is 18.1. The van der Waals surface area contributed by atoms with Crippen LogP contribution < -0.4 is 5.32 Å². The number of aromatic hydroxyl groups is 1. The van der Waals surface area contributed by atoms with Crippen LogP contribution in [0.5, 0.6) is 5.88 Å². The van der Waals surface area contributed by atoms with Crippen molar-refractivity contribution in [2.45, 2.75) is 46.6 Å². The average Bonchev–Trinajstić information content (AvgIpc) is 3.55. The molecule has 0 aliphatic heterocycles. The molecule has 0 saturated heterocycles. The Morgan fingerprint density at radius 1 is 1.08 bits per heavy atom. The fraction of sp³-hybridized carbons (Fsp3) is 0.241. The fourth-order valence-corrected chi connectivity index (χ4v) is 4.40. The number of rotatable bonds is 6. The molecule has 2 aromatic carbocycles. The van der Waals surface area contributed by atoms with E-state index < -0.39 is 0 Å². The molecule has 0 spiro atoms. The third kappa shape index (κ3) is 5.22. The van der Waals surface area contributed by atoms with E-state index in [9.17, 15) is 9.90 Å². The maximum absolute atomic E-state index is 13.0. The standard InChI is InChI=1S/C29H31N7O2/c1-17-13-26(34-33-17)30-16-23-22-15-20(8-11-24(22)32-27(23)37)14-19-6-9-21(10-7-19)31-28(38)25-12-18(2)35-36(25)29(3,4)5/h6-13,15-16,32,37H,14H2,1-5H3,(H,31,38)(H,33,34). The first-order valence-corrected chi connectivity index (χ1v) is 12.4. The van der Waals surface area contributed by atoms with Gasteiger partial charge in [0.15, 0.2) is 11.7 Å². The second kappa shape index (κ2) is 9.66. The number of anilines is 1. The van der Waals surface area contributed by atoms with E-state index in [-0.39, 0.29) is 17.3 Å². The summed E-state index contributed by atoms with van der Waals surface area (Å²) >= 11 is 0. The second-order valence-electron chi connectivity index (χ2n) is 10.5. The highest BCUT2D eigenvalue weighted by molar-refractivity contribution is 6.03. The molecule has 0 atom stereocenters. The van der Waals surface area contributed by atoms with Gasteiger partial charge in [0.25, 0.3) is 5.91 Å². The summed E-state index contributed by atoms with van der Waals surface area (Å²) in [6.45, 7) is 9.86. The zero-order valence-corrected chi connectivity index (χ0v) is 22.1. The molecule has 0 unspecified atom stereocenters. The number of hydrogen-bond acceptors (Lipinski definition) is 5. The van der Waals surface area contributed by atoms with E-state index in [2.05, 4.69) is 30.6 Å². The van der Waals surface area contributed by atoms with Crippen LogP contribution in [0.25, 0.3) is 10.9 Å². The highest BCUT2D eigenvalue weighted by Gasteiger charge is 2.23. The molecule has 194 valence electrons. The fourth-order valence-electron chi connectivity index (χ4n) is 4.40. The number of H-pyrrole nitrogens is 2. The maximum Gasteiger partial charge on any atom is 0.273 e. The van der Waals surface area contributed by atoms with Crippen LogP contribution in [-0.4, -0.2) is 42.2 Å². The largest absolute Gasteiger partial charge is 0.494 e. The minimum atomic E-state index is -0.300. The SMILES string of the molecule is Cc1cc(C(=O)Nc2ccc(Cc3ccc4[nH]c(O)c(C=Nc5cc(C)[nH]n5)c4c3)cc2)n(C(C)(C)C)n1. The smallest absolute Gasteiger partial charge is 0.273 e. The summed E-state index contributed by atoms with van der Waals surface area (Å²) in [6, 6.07) is 17.5. The molecular weight excluding hydrogens is 478 g/mol. The van der Waals surface area contributed by atoms with Gasteiger partial charge < -0.3 is 15.4 Å². The molecule has 9 heteroatoms. The minimum absolute atomic E-state index is 0.0660. The summed E-state index contributed by atoms with van der Waals surface area (Å²) < 4.78 is 1.76. The number of nitrogens with zero attached hydrogens (tertiary/aromatic N) is 4. The lowest BCUT2D eigenvalue weighted by atomic mass is 10.0. The summed E-state index contributed by atoms with van der Waals surface area (Å²) in [5.41, 5.74) is 6.30. The molecule has 5 rings (SSSR count). The number of aromatic nitrogens is 5. The monoisotopic (exact) mass is 509 g/mol. The number of aromatic amines is 2. The number of nitrogens with one attached hydrogen (secondary N) is 3. The minimum Gasteiger partial charge on any atom is -0.494 e. The van der Waals surface area contributed by atoms with E-state index >= 15 is 0 Å². The predicted molar refractivity (Wildman–Crippen MR) is 150 cm³/mol. The zero-order chi connectivity index (χ0) is 27.0. The Kier molecular flexibility index (Phi) is 6.36. The third-order valence-corrected chi connectivity index (χ3v) is 6.22. The number of benzene rings is 2. The molecule has 3 aromatic heterocycles. The molecule has 9 nitrogen and oxygen atoms in total. The Morgan fingerprint density at radius 2 is 1.82 bits per heavy atom. The second-order valence-corrected chi connectivity index (χ2v) is 10.5. The summed E-state index contributed by atoms with van der Waals surface area (Å²) in [6.07, 6.45) is 2.32. The van der Waals surface area contributed by atoms with Crippen molar-refractivity contribution in [3.05, 3.63) is 88.4 Å². The third-order valence-electron chi connectivity index (χ3n) is 6.22. The molecule has 0 radical (unpaired) electrons. The summed E-state index contributed by atoms with van der Waals surface area (Å²) in [7, 11) is 0. The number of carbonyl (C=O) groups is 1. The van der Waals surface area contributed by atoms with Gasteiger partial charge in [-0.05, 0) is 82.5 Å². The van der Waals surface area contributed by atoms with Gasteiger partial charge in [0.1, 0.15) is 5.69 Å². The Morgan fingerprint density at radius 3 is 2.50 bits per heavy atom. The Bertz CT molecular complexity index is 1650. The molecule has 38 heavy (non-hydrogen) atoms. The van der Waals surface area contributed by atoms with E-state index in [1.807, 2.05) is 83.1 Å². The van der Waals surface area contributed by atoms with Gasteiger partial charge in [0.05, 0.1) is 16.8 Å². The average molecular weight is 510 g/mol. The molecule has 3 heterocycles. The Balaban J connectivity index is 1.32. The Labute approximate surface area is 220 Å². The number of aliphatic imine (C=N–C) groups is 1. The van der Waals surface area contributed by atoms with Crippen LogP contribution in [0.3, 0.4) is 0 Å². The van der Waals surface area contributed by atoms with Crippen LogP contribution in [0.4, 0.5) is 11.5 Å². The quantitative estimate of drug-likeness (QED) is 0.217. The number of fused-ring (bicyclic) bond motifs is 1. The molecule has 5 aromatic rings. The zero-order valence-electron chi connectivity index (χ0n) is 22.1. The van der Waals surface area contributed by atoms with E-state index in [4.69, 9.17) is 0 Å². The van der Waals surface area contributed by atoms with Crippen LogP contribution in [-0.2, 0) is 12.0 Å². The van der Waals surface area contributed by atoms with Gasteiger partial charge >= 0.3 is 0 Å². The summed E-state index contributed by atoms with van der Waals surface area (Å²) in [4.78, 5) is 20.3. The van der Waals surface area contributed by atoms with Crippen molar-refractivity contribution in [3.8, 4) is 5.88 Å². The highest BCUT2D eigenvalue weighted by atomic mass is 16.3. The highest BCUT2D eigenvalue weighted by Crippen LogP contribution is 2.28. The summed E-state index contributed by atoms with van der Waals surface area (Å²) in [5, 5.41) is 25.8. The van der Waals surface area contributed by atoms with E-state index in [0.717, 1.165) is 39.1 Å². The molecule has 0 aliphatic carbocycles. The number of hydrogen-bond donors (Lipinski definition) is 4. The molecule has 0 bridgehead atoms. The maximum atomic E-state index is 13.0. The lowest BCUT2D eigenvalue weighted by Gasteiger charge is -2.22. The van der Waals surface area contributed by atoms with Gasteiger partial charge in [-0.1, -0.05) is 18.2 Å². The van der Waals surface area contributed by atoms with Gasteiger partial charge in [0.2, 0.25) is 0 Å². The van der Waals surface area contributed by atoms with Crippen molar-refractivity contribution in [2.75, 3.05) is 5.32 Å². The predicted octanol–water partition coefficient (Wildman–Crippen LogP) is 5.76. The van der Waals surface area contributed by atoms with Gasteiger partial charge in [-0.3, -0.25) is 14.6 Å². The topological polar surface area (TPSA) is 124 Å². The number of amides is 1. The van der Waals surface area contributed by atoms with Gasteiger partial charge in [-0.2, -0.15) is 10.2 Å². The van der Waals surface area contributed by atoms with Crippen molar-refractivity contribution in [1.29, 1.82) is 0 Å². The number of aryl methyl sites for hydroxylation is 2. The van der Waals surface area contributed by atoms with E-state index in [1.165, 1.54) is 0 Å². The van der Waals surface area contributed by atoms with Crippen molar-refractivity contribution < 1.29 is 9.90 Å². The van der Waals surface area contributed by atoms with Crippen LogP contribution in [0.2, 0.25) is 0 Å². The van der Waals surface area contributed by atoms with Gasteiger partial charge in [-0.15, -0.1) is 0 Å². The molecule has 0 fully saturated rings. The summed E-state index contributed by atoms with van der Waals surface area (Å²) in [5.74, 6) is 0.430. The lowest BCUT2D eigenvalue weighted by Crippen LogP contribution is -2.29. The van der Waals surface area contributed by atoms with Crippen LogP contribution in [0.1, 0.15) is 59.3 Å². The normalized spacial score (nSPS) is 12.0. The molecular formula is C29H31N7O2. The first kappa shape index (κ1) is 25.0. The molecule has 4 N–H and O–H groups in total. The van der Waals surface area contributed by atoms with Gasteiger partial charge in [0, 0.05) is 34.6 Å². The van der Waals surface area contributed by atoms with Crippen molar-refractivity contribution in [2.24, 2.45) is 4.99 Å². The van der Waals surface area contributed by atoms with Crippen LogP contribution in [0.15, 0.2) is 59.6 Å². The lowest BCUT2D eigenvalue weighted by molar-refractivity contribution is 0.100. The van der Waals surface area contributed by atoms with Crippen molar-refractivity contribution >= 4 is 34.5 Å². The van der Waals surface area contributed by atoms with Crippen molar-refractivity contribution in [3.63, 3.8) is 0 Å².